The molecular weight excluding hydrogens is 340 g/mol. The molecular formula is C22H26N2O3. The number of nitrogens with one attached hydrogen (secondary N) is 1. The van der Waals surface area contributed by atoms with Gasteiger partial charge in [0.15, 0.2) is 0 Å². The summed E-state index contributed by atoms with van der Waals surface area (Å²) in [6.07, 6.45) is 1.58. The lowest BCUT2D eigenvalue weighted by Crippen LogP contribution is -2.28. The molecule has 0 radical (unpaired) electrons. The summed E-state index contributed by atoms with van der Waals surface area (Å²) in [6.45, 7) is 6.36. The number of hydrogen-bond acceptors (Lipinski definition) is 3. The number of likely N-dealkylation sites (tertiary alicyclic amines) is 1. The summed E-state index contributed by atoms with van der Waals surface area (Å²) in [7, 11) is 0. The van der Waals surface area contributed by atoms with Gasteiger partial charge in [0.2, 0.25) is 5.91 Å². The fourth-order valence-corrected chi connectivity index (χ4v) is 3.30. The van der Waals surface area contributed by atoms with Gasteiger partial charge in [0.25, 0.3) is 5.91 Å². The largest absolute Gasteiger partial charge is 0.492 e. The van der Waals surface area contributed by atoms with Crippen molar-refractivity contribution in [1.82, 2.24) is 10.2 Å². The van der Waals surface area contributed by atoms with Gasteiger partial charge in [-0.05, 0) is 61.2 Å². The lowest BCUT2D eigenvalue weighted by atomic mass is 10.1. The minimum absolute atomic E-state index is 0.122. The number of benzene rings is 2. The molecule has 3 rings (SSSR count). The molecule has 0 aliphatic carbocycles. The first kappa shape index (κ1) is 19.0. The number of carbonyl (C=O) groups excluding carboxylic acids is 2. The van der Waals surface area contributed by atoms with E-state index in [1.54, 1.807) is 12.1 Å². The Labute approximate surface area is 160 Å². The second kappa shape index (κ2) is 8.71. The predicted octanol–water partition coefficient (Wildman–Crippen LogP) is 3.23. The number of nitrogens with zero attached hydrogens (tertiary/aromatic N) is 1. The van der Waals surface area contributed by atoms with Gasteiger partial charge in [-0.25, -0.2) is 0 Å². The van der Waals surface area contributed by atoms with Crippen LogP contribution in [0.25, 0.3) is 0 Å². The van der Waals surface area contributed by atoms with Gasteiger partial charge in [-0.3, -0.25) is 9.59 Å². The van der Waals surface area contributed by atoms with Crippen LogP contribution in [0.1, 0.15) is 39.9 Å². The van der Waals surface area contributed by atoms with Gasteiger partial charge < -0.3 is 15.0 Å². The van der Waals surface area contributed by atoms with E-state index in [-0.39, 0.29) is 11.8 Å². The first-order valence-electron chi connectivity index (χ1n) is 9.37. The van der Waals surface area contributed by atoms with E-state index in [0.29, 0.717) is 31.7 Å². The first-order chi connectivity index (χ1) is 13.0. The quantitative estimate of drug-likeness (QED) is 0.766. The molecule has 142 valence electrons. The van der Waals surface area contributed by atoms with Crippen LogP contribution in [0.3, 0.4) is 0 Å². The molecule has 2 aromatic carbocycles. The van der Waals surface area contributed by atoms with Crippen LogP contribution in [-0.4, -0.2) is 36.4 Å². The normalized spacial score (nSPS) is 13.7. The molecule has 1 aliphatic rings. The molecule has 0 saturated carbocycles. The van der Waals surface area contributed by atoms with Gasteiger partial charge in [0.1, 0.15) is 12.4 Å². The third-order valence-corrected chi connectivity index (χ3v) is 4.61. The third-order valence-electron chi connectivity index (χ3n) is 4.61. The minimum atomic E-state index is -0.122. The van der Waals surface area contributed by atoms with Crippen molar-refractivity contribution in [3.8, 4) is 5.75 Å². The Hall–Kier alpha value is -2.82. The highest BCUT2D eigenvalue weighted by atomic mass is 16.5. The Kier molecular flexibility index (Phi) is 6.12. The second-order valence-electron chi connectivity index (χ2n) is 7.04. The molecule has 2 amide bonds. The number of aryl methyl sites for hydroxylation is 2. The van der Waals surface area contributed by atoms with Crippen molar-refractivity contribution in [3.63, 3.8) is 0 Å². The molecule has 0 atom stereocenters. The van der Waals surface area contributed by atoms with Crippen molar-refractivity contribution < 1.29 is 14.3 Å². The van der Waals surface area contributed by atoms with Gasteiger partial charge in [0.05, 0.1) is 6.54 Å². The van der Waals surface area contributed by atoms with Crippen LogP contribution in [0.15, 0.2) is 42.5 Å². The SMILES string of the molecule is Cc1cc(C)cc(OCCNC(=O)c2ccc(CN3CCCC3=O)cc2)c1. The number of rotatable bonds is 7. The van der Waals surface area contributed by atoms with Crippen LogP contribution >= 0.6 is 0 Å². The van der Waals surface area contributed by atoms with Gasteiger partial charge in [-0.1, -0.05) is 18.2 Å². The van der Waals surface area contributed by atoms with E-state index in [9.17, 15) is 9.59 Å². The van der Waals surface area contributed by atoms with Crippen LogP contribution in [0.5, 0.6) is 5.75 Å². The molecule has 1 N–H and O–H groups in total. The number of carbonyl (C=O) groups is 2. The predicted molar refractivity (Wildman–Crippen MR) is 105 cm³/mol. The molecule has 1 aliphatic heterocycles. The zero-order chi connectivity index (χ0) is 19.2. The molecule has 5 heteroatoms. The summed E-state index contributed by atoms with van der Waals surface area (Å²) in [4.78, 5) is 25.8. The fourth-order valence-electron chi connectivity index (χ4n) is 3.30. The average molecular weight is 366 g/mol. The Morgan fingerprint density at radius 1 is 1.11 bits per heavy atom. The lowest BCUT2D eigenvalue weighted by molar-refractivity contribution is -0.128. The maximum Gasteiger partial charge on any atom is 0.251 e. The highest BCUT2D eigenvalue weighted by Gasteiger charge is 2.19. The first-order valence-corrected chi connectivity index (χ1v) is 9.37. The summed E-state index contributed by atoms with van der Waals surface area (Å²) < 4.78 is 5.71. The average Bonchev–Trinajstić information content (AvgIpc) is 3.03. The zero-order valence-electron chi connectivity index (χ0n) is 16.0. The van der Waals surface area contributed by atoms with E-state index in [4.69, 9.17) is 4.74 Å². The van der Waals surface area contributed by atoms with Crippen LogP contribution < -0.4 is 10.1 Å². The van der Waals surface area contributed by atoms with Crippen LogP contribution in [0.4, 0.5) is 0 Å². The van der Waals surface area contributed by atoms with Crippen molar-refractivity contribution in [2.45, 2.75) is 33.2 Å². The van der Waals surface area contributed by atoms with Gasteiger partial charge in [-0.2, -0.15) is 0 Å². The summed E-state index contributed by atoms with van der Waals surface area (Å²) in [5.41, 5.74) is 3.97. The molecule has 5 nitrogen and oxygen atoms in total. The minimum Gasteiger partial charge on any atom is -0.492 e. The summed E-state index contributed by atoms with van der Waals surface area (Å²) in [5, 5.41) is 2.87. The van der Waals surface area contributed by atoms with E-state index in [1.807, 2.05) is 43.0 Å². The number of ether oxygens (including phenoxy) is 1. The lowest BCUT2D eigenvalue weighted by Gasteiger charge is -2.15. The fraction of sp³-hybridized carbons (Fsp3) is 0.364. The third kappa shape index (κ3) is 5.33. The van der Waals surface area contributed by atoms with Gasteiger partial charge >= 0.3 is 0 Å². The van der Waals surface area contributed by atoms with Crippen molar-refractivity contribution in [1.29, 1.82) is 0 Å². The monoisotopic (exact) mass is 366 g/mol. The molecule has 0 aromatic heterocycles. The maximum absolute atomic E-state index is 12.2. The number of hydrogen-bond donors (Lipinski definition) is 1. The topological polar surface area (TPSA) is 58.6 Å². The van der Waals surface area contributed by atoms with Crippen molar-refractivity contribution >= 4 is 11.8 Å². The molecule has 1 saturated heterocycles. The van der Waals surface area contributed by atoms with Crippen LogP contribution in [0, 0.1) is 13.8 Å². The van der Waals surface area contributed by atoms with Crippen molar-refractivity contribution in [3.05, 3.63) is 64.7 Å². The smallest absolute Gasteiger partial charge is 0.251 e. The van der Waals surface area contributed by atoms with Crippen molar-refractivity contribution in [2.75, 3.05) is 19.7 Å². The zero-order valence-corrected chi connectivity index (χ0v) is 16.0. The van der Waals surface area contributed by atoms with Crippen LogP contribution in [0.2, 0.25) is 0 Å². The molecule has 0 unspecified atom stereocenters. The molecule has 0 spiro atoms. The molecule has 2 aromatic rings. The van der Waals surface area contributed by atoms with E-state index < -0.39 is 0 Å². The molecule has 1 fully saturated rings. The van der Waals surface area contributed by atoms with Gasteiger partial charge in [-0.15, -0.1) is 0 Å². The summed E-state index contributed by atoms with van der Waals surface area (Å²) >= 11 is 0. The molecule has 27 heavy (non-hydrogen) atoms. The Bertz CT molecular complexity index is 795. The highest BCUT2D eigenvalue weighted by Crippen LogP contribution is 2.16. The summed E-state index contributed by atoms with van der Waals surface area (Å²) in [5.74, 6) is 0.908. The Morgan fingerprint density at radius 2 is 1.81 bits per heavy atom. The second-order valence-corrected chi connectivity index (χ2v) is 7.04. The Balaban J connectivity index is 1.44. The van der Waals surface area contributed by atoms with E-state index >= 15 is 0 Å². The van der Waals surface area contributed by atoms with E-state index in [0.717, 1.165) is 35.4 Å². The van der Waals surface area contributed by atoms with E-state index in [1.165, 1.54) is 0 Å². The molecule has 1 heterocycles. The standard InChI is InChI=1S/C22H26N2O3/c1-16-12-17(2)14-20(13-16)27-11-9-23-22(26)19-7-5-18(6-8-19)15-24-10-3-4-21(24)25/h5-8,12-14H,3-4,9-11,15H2,1-2H3,(H,23,26). The maximum atomic E-state index is 12.2. The molecule has 0 bridgehead atoms. The van der Waals surface area contributed by atoms with Crippen LogP contribution in [-0.2, 0) is 11.3 Å². The van der Waals surface area contributed by atoms with Gasteiger partial charge in [0, 0.05) is 25.1 Å². The number of amides is 2. The highest BCUT2D eigenvalue weighted by molar-refractivity contribution is 5.94. The summed E-state index contributed by atoms with van der Waals surface area (Å²) in [6, 6.07) is 13.5. The van der Waals surface area contributed by atoms with Crippen molar-refractivity contribution in [2.24, 2.45) is 0 Å². The van der Waals surface area contributed by atoms with E-state index in [2.05, 4.69) is 11.4 Å². The Morgan fingerprint density at radius 3 is 2.44 bits per heavy atom.